The van der Waals surface area contributed by atoms with Crippen molar-refractivity contribution in [1.29, 1.82) is 0 Å². The van der Waals surface area contributed by atoms with Gasteiger partial charge >= 0.3 is 6.09 Å². The number of aliphatic hydroxyl groups is 1. The minimum atomic E-state index is -0.896. The van der Waals surface area contributed by atoms with Gasteiger partial charge in [-0.15, -0.1) is 11.3 Å². The van der Waals surface area contributed by atoms with E-state index in [1.165, 1.54) is 11.3 Å². The van der Waals surface area contributed by atoms with Crippen LogP contribution in [0.4, 0.5) is 4.79 Å². The number of ether oxygens (including phenoxy) is 1. The normalized spacial score (nSPS) is 15.2. The summed E-state index contributed by atoms with van der Waals surface area (Å²) in [5.41, 5.74) is -0.649. The molecule has 7 nitrogen and oxygen atoms in total. The molecule has 0 saturated carbocycles. The van der Waals surface area contributed by atoms with Crippen LogP contribution >= 0.6 is 11.3 Å². The molecule has 0 unspecified atom stereocenters. The van der Waals surface area contributed by atoms with E-state index in [4.69, 9.17) is 4.74 Å². The van der Waals surface area contributed by atoms with Gasteiger partial charge in [-0.05, 0) is 45.4 Å². The number of alkyl carbamates (subject to hydrolysis) is 1. The van der Waals surface area contributed by atoms with Crippen LogP contribution in [0, 0.1) is 11.8 Å². The lowest BCUT2D eigenvalue weighted by Gasteiger charge is -2.28. The number of carbonyl (C=O) groups excluding carboxylic acids is 2. The van der Waals surface area contributed by atoms with E-state index in [0.29, 0.717) is 17.8 Å². The Balaban J connectivity index is 2.90. The Morgan fingerprint density at radius 3 is 2.21 bits per heavy atom. The summed E-state index contributed by atoms with van der Waals surface area (Å²) in [4.78, 5) is 29.3. The molecular weight excluding hydrogens is 378 g/mol. The largest absolute Gasteiger partial charge is 0.444 e. The molecule has 2 amide bonds. The minimum absolute atomic E-state index is 0.193. The summed E-state index contributed by atoms with van der Waals surface area (Å²) in [6, 6.07) is -1.23. The molecule has 0 radical (unpaired) electrons. The average Bonchev–Trinajstić information content (AvgIpc) is 3.04. The summed E-state index contributed by atoms with van der Waals surface area (Å²) < 4.78 is 5.29. The Hall–Kier alpha value is -1.67. The second-order valence-electron chi connectivity index (χ2n) is 8.89. The first-order chi connectivity index (χ1) is 12.9. The van der Waals surface area contributed by atoms with E-state index in [1.54, 1.807) is 32.3 Å². The summed E-state index contributed by atoms with van der Waals surface area (Å²) in [5.74, 6) is 0.126. The van der Waals surface area contributed by atoms with Crippen molar-refractivity contribution in [2.24, 2.45) is 11.8 Å². The third-order valence-corrected chi connectivity index (χ3v) is 4.70. The smallest absolute Gasteiger partial charge is 0.408 e. The first-order valence-corrected chi connectivity index (χ1v) is 10.6. The van der Waals surface area contributed by atoms with Crippen molar-refractivity contribution < 1.29 is 19.4 Å². The van der Waals surface area contributed by atoms with Crippen LogP contribution in [0.5, 0.6) is 0 Å². The summed E-state index contributed by atoms with van der Waals surface area (Å²) in [6.45, 7) is 13.3. The number of rotatable bonds is 9. The zero-order valence-corrected chi connectivity index (χ0v) is 18.8. The number of hydrogen-bond donors (Lipinski definition) is 3. The minimum Gasteiger partial charge on any atom is -0.444 e. The molecule has 0 fully saturated rings. The second kappa shape index (κ2) is 10.8. The van der Waals surface area contributed by atoms with Gasteiger partial charge in [0, 0.05) is 11.6 Å². The predicted octanol–water partition coefficient (Wildman–Crippen LogP) is 3.65. The van der Waals surface area contributed by atoms with Crippen molar-refractivity contribution in [3.8, 4) is 0 Å². The van der Waals surface area contributed by atoms with Gasteiger partial charge in [0.1, 0.15) is 22.8 Å². The first kappa shape index (κ1) is 24.4. The maximum atomic E-state index is 12.9. The van der Waals surface area contributed by atoms with Crippen molar-refractivity contribution in [2.75, 3.05) is 0 Å². The van der Waals surface area contributed by atoms with Gasteiger partial charge in [-0.1, -0.05) is 27.7 Å². The molecule has 0 aliphatic carbocycles. The first-order valence-electron chi connectivity index (χ1n) is 9.76. The van der Waals surface area contributed by atoms with E-state index >= 15 is 0 Å². The molecule has 1 aromatic heterocycles. The van der Waals surface area contributed by atoms with Gasteiger partial charge in [0.15, 0.2) is 0 Å². The average molecular weight is 414 g/mol. The number of hydrogen-bond acceptors (Lipinski definition) is 6. The molecule has 1 aromatic rings. The lowest BCUT2D eigenvalue weighted by molar-refractivity contribution is -0.125. The van der Waals surface area contributed by atoms with Gasteiger partial charge in [0.2, 0.25) is 5.91 Å². The number of aliphatic hydroxyl groups excluding tert-OH is 1. The number of nitrogens with zero attached hydrogens (tertiary/aromatic N) is 1. The van der Waals surface area contributed by atoms with E-state index in [-0.39, 0.29) is 17.7 Å². The molecule has 1 heterocycles. The topological polar surface area (TPSA) is 101 Å². The summed E-state index contributed by atoms with van der Waals surface area (Å²) in [6.07, 6.45) is 1.16. The van der Waals surface area contributed by atoms with Gasteiger partial charge in [-0.25, -0.2) is 9.78 Å². The molecule has 0 saturated heterocycles. The Bertz CT molecular complexity index is 611. The van der Waals surface area contributed by atoms with Crippen LogP contribution in [-0.2, 0) is 9.53 Å². The summed E-state index contributed by atoms with van der Waals surface area (Å²) in [7, 11) is 0. The SMILES string of the molecule is CC(C)C[C@H](NC(=O)OC(C)(C)C)C(=O)N[C@@H](CC(C)C)[C@@H](O)c1nccs1. The number of nitrogens with one attached hydrogen (secondary N) is 2. The highest BCUT2D eigenvalue weighted by molar-refractivity contribution is 7.09. The molecule has 8 heteroatoms. The van der Waals surface area contributed by atoms with Gasteiger partial charge in [0.25, 0.3) is 0 Å². The van der Waals surface area contributed by atoms with Crippen LogP contribution in [-0.4, -0.2) is 39.8 Å². The van der Waals surface area contributed by atoms with Gasteiger partial charge < -0.3 is 20.5 Å². The molecule has 0 aliphatic heterocycles. The summed E-state index contributed by atoms with van der Waals surface area (Å²) in [5, 5.41) is 18.6. The molecule has 28 heavy (non-hydrogen) atoms. The molecule has 0 bridgehead atoms. The van der Waals surface area contributed by atoms with Crippen LogP contribution in [0.3, 0.4) is 0 Å². The number of carbonyl (C=O) groups is 2. The van der Waals surface area contributed by atoms with Crippen molar-refractivity contribution >= 4 is 23.3 Å². The predicted molar refractivity (Wildman–Crippen MR) is 111 cm³/mol. The Morgan fingerprint density at radius 1 is 1.14 bits per heavy atom. The van der Waals surface area contributed by atoms with E-state index in [0.717, 1.165) is 0 Å². The molecule has 3 atom stereocenters. The molecular formula is C20H35N3O4S. The molecule has 0 spiro atoms. The highest BCUT2D eigenvalue weighted by Crippen LogP contribution is 2.23. The molecule has 3 N–H and O–H groups in total. The van der Waals surface area contributed by atoms with E-state index in [9.17, 15) is 14.7 Å². The maximum absolute atomic E-state index is 12.9. The van der Waals surface area contributed by atoms with Crippen molar-refractivity contribution in [2.45, 2.75) is 85.1 Å². The maximum Gasteiger partial charge on any atom is 0.408 e. The van der Waals surface area contributed by atoms with E-state index in [1.807, 2.05) is 27.7 Å². The monoisotopic (exact) mass is 413 g/mol. The standard InChI is InChI=1S/C20H35N3O4S/c1-12(2)10-14(16(24)18-21-8-9-28-18)22-17(25)15(11-13(3)4)23-19(26)27-20(5,6)7/h8-9,12-16,24H,10-11H2,1-7H3,(H,22,25)(H,23,26)/t14-,15-,16+/m0/s1. The lowest BCUT2D eigenvalue weighted by atomic mass is 9.97. The van der Waals surface area contributed by atoms with Crippen LogP contribution in [0.25, 0.3) is 0 Å². The number of amides is 2. The Kier molecular flexibility index (Phi) is 9.36. The third-order valence-electron chi connectivity index (χ3n) is 3.85. The molecule has 160 valence electrons. The van der Waals surface area contributed by atoms with E-state index in [2.05, 4.69) is 15.6 Å². The van der Waals surface area contributed by atoms with Crippen molar-refractivity contribution in [3.63, 3.8) is 0 Å². The van der Waals surface area contributed by atoms with E-state index < -0.39 is 29.9 Å². The fraction of sp³-hybridized carbons (Fsp3) is 0.750. The molecule has 0 aromatic carbocycles. The van der Waals surface area contributed by atoms with Crippen LogP contribution < -0.4 is 10.6 Å². The zero-order valence-electron chi connectivity index (χ0n) is 18.0. The van der Waals surface area contributed by atoms with Crippen molar-refractivity contribution in [1.82, 2.24) is 15.6 Å². The quantitative estimate of drug-likeness (QED) is 0.574. The highest BCUT2D eigenvalue weighted by atomic mass is 32.1. The zero-order chi connectivity index (χ0) is 21.5. The Labute approximate surface area is 172 Å². The Morgan fingerprint density at radius 2 is 1.75 bits per heavy atom. The molecule has 0 aliphatic rings. The van der Waals surface area contributed by atoms with Gasteiger partial charge in [0.05, 0.1) is 6.04 Å². The number of thiazole rings is 1. The fourth-order valence-corrected chi connectivity index (χ4v) is 3.45. The van der Waals surface area contributed by atoms with Gasteiger partial charge in [-0.2, -0.15) is 0 Å². The lowest BCUT2D eigenvalue weighted by Crippen LogP contribution is -2.52. The fourth-order valence-electron chi connectivity index (χ4n) is 2.76. The second-order valence-corrected chi connectivity index (χ2v) is 9.81. The van der Waals surface area contributed by atoms with Crippen LogP contribution in [0.1, 0.15) is 72.4 Å². The molecule has 1 rings (SSSR count). The third kappa shape index (κ3) is 9.01. The van der Waals surface area contributed by atoms with Crippen LogP contribution in [0.15, 0.2) is 11.6 Å². The number of aromatic nitrogens is 1. The van der Waals surface area contributed by atoms with Crippen molar-refractivity contribution in [3.05, 3.63) is 16.6 Å². The van der Waals surface area contributed by atoms with Gasteiger partial charge in [-0.3, -0.25) is 4.79 Å². The van der Waals surface area contributed by atoms with Crippen LogP contribution in [0.2, 0.25) is 0 Å². The highest BCUT2D eigenvalue weighted by Gasteiger charge is 2.30. The summed E-state index contributed by atoms with van der Waals surface area (Å²) >= 11 is 1.35.